The molecule has 0 aliphatic carbocycles. The summed E-state index contributed by atoms with van der Waals surface area (Å²) < 4.78 is 0. The average molecular weight is 409 g/mol. The molecule has 154 valence electrons. The Bertz CT molecular complexity index is 1200. The van der Waals surface area contributed by atoms with Crippen molar-refractivity contribution in [1.29, 1.82) is 0 Å². The van der Waals surface area contributed by atoms with Crippen LogP contribution in [-0.4, -0.2) is 18.4 Å². The lowest BCUT2D eigenvalue weighted by molar-refractivity contribution is -0.114. The molecule has 2 amide bonds. The Balaban J connectivity index is 1.39. The van der Waals surface area contributed by atoms with Gasteiger partial charge >= 0.3 is 0 Å². The molecule has 3 N–H and O–H groups in total. The Morgan fingerprint density at radius 2 is 1.35 bits per heavy atom. The van der Waals surface area contributed by atoms with E-state index in [-0.39, 0.29) is 18.4 Å². The fourth-order valence-corrected chi connectivity index (χ4v) is 3.41. The van der Waals surface area contributed by atoms with Gasteiger partial charge in [-0.05, 0) is 29.1 Å². The van der Waals surface area contributed by atoms with Crippen LogP contribution in [0.2, 0.25) is 0 Å². The Morgan fingerprint density at radius 3 is 2.23 bits per heavy atom. The Hall–Kier alpha value is -4.12. The minimum Gasteiger partial charge on any atom is -0.376 e. The van der Waals surface area contributed by atoms with Gasteiger partial charge in [-0.1, -0.05) is 78.9 Å². The van der Waals surface area contributed by atoms with E-state index in [0.29, 0.717) is 17.8 Å². The zero-order valence-electron chi connectivity index (χ0n) is 17.0. The molecule has 4 rings (SSSR count). The van der Waals surface area contributed by atoms with Gasteiger partial charge in [0, 0.05) is 23.3 Å². The lowest BCUT2D eigenvalue weighted by Gasteiger charge is -2.13. The van der Waals surface area contributed by atoms with Gasteiger partial charge in [0.2, 0.25) is 5.91 Å². The highest BCUT2D eigenvalue weighted by Crippen LogP contribution is 2.23. The second-order valence-corrected chi connectivity index (χ2v) is 7.14. The van der Waals surface area contributed by atoms with Gasteiger partial charge in [0.1, 0.15) is 0 Å². The zero-order chi connectivity index (χ0) is 21.5. The van der Waals surface area contributed by atoms with Gasteiger partial charge < -0.3 is 16.0 Å². The number of benzene rings is 4. The van der Waals surface area contributed by atoms with Gasteiger partial charge in [-0.2, -0.15) is 0 Å². The number of hydrogen-bond donors (Lipinski definition) is 3. The van der Waals surface area contributed by atoms with E-state index in [0.717, 1.165) is 22.0 Å². The summed E-state index contributed by atoms with van der Waals surface area (Å²) in [6.07, 6.45) is 0. The summed E-state index contributed by atoms with van der Waals surface area (Å²) in [5.74, 6) is -0.378. The molecule has 31 heavy (non-hydrogen) atoms. The van der Waals surface area contributed by atoms with Crippen molar-refractivity contribution in [3.63, 3.8) is 0 Å². The normalized spacial score (nSPS) is 10.5. The van der Waals surface area contributed by atoms with Crippen LogP contribution in [0.15, 0.2) is 97.1 Å². The molecule has 0 unspecified atom stereocenters. The molecule has 5 heteroatoms. The third-order valence-corrected chi connectivity index (χ3v) is 4.97. The molecule has 5 nitrogen and oxygen atoms in total. The number of para-hydroxylation sites is 1. The number of carbonyl (C=O) groups excluding carboxylic acids is 2. The van der Waals surface area contributed by atoms with Crippen molar-refractivity contribution in [2.45, 2.75) is 6.54 Å². The van der Waals surface area contributed by atoms with E-state index in [1.54, 1.807) is 18.2 Å². The van der Waals surface area contributed by atoms with E-state index >= 15 is 0 Å². The number of anilines is 2. The van der Waals surface area contributed by atoms with Gasteiger partial charge in [0.05, 0.1) is 12.1 Å². The maximum atomic E-state index is 12.7. The molecule has 0 spiro atoms. The minimum atomic E-state index is -0.193. The number of carbonyl (C=O) groups is 2. The highest BCUT2D eigenvalue weighted by atomic mass is 16.2. The molecule has 0 heterocycles. The van der Waals surface area contributed by atoms with Crippen LogP contribution in [0, 0.1) is 0 Å². The summed E-state index contributed by atoms with van der Waals surface area (Å²) in [5, 5.41) is 11.0. The van der Waals surface area contributed by atoms with Crippen molar-refractivity contribution >= 4 is 34.0 Å². The molecule has 0 bridgehead atoms. The molecule has 4 aromatic rings. The molecule has 0 aromatic heterocycles. The maximum absolute atomic E-state index is 12.7. The summed E-state index contributed by atoms with van der Waals surface area (Å²) >= 11 is 0. The molecule has 4 aromatic carbocycles. The Labute approximate surface area is 181 Å². The van der Waals surface area contributed by atoms with Crippen LogP contribution in [0.5, 0.6) is 0 Å². The van der Waals surface area contributed by atoms with Gasteiger partial charge in [-0.25, -0.2) is 0 Å². The second-order valence-electron chi connectivity index (χ2n) is 7.14. The van der Waals surface area contributed by atoms with Crippen LogP contribution < -0.4 is 16.0 Å². The topological polar surface area (TPSA) is 70.2 Å². The van der Waals surface area contributed by atoms with Crippen molar-refractivity contribution in [1.82, 2.24) is 5.32 Å². The highest BCUT2D eigenvalue weighted by molar-refractivity contribution is 6.04. The van der Waals surface area contributed by atoms with Gasteiger partial charge in [-0.3, -0.25) is 9.59 Å². The standard InChI is InChI=1S/C26H23N3O2/c30-25(29-24-16-8-12-20-11-4-5-13-21(20)24)18-27-23-15-7-6-14-22(23)26(31)28-17-19-9-2-1-3-10-19/h1-16,27H,17-18H2,(H,28,31)(H,29,30). The predicted molar refractivity (Wildman–Crippen MR) is 125 cm³/mol. The third kappa shape index (κ3) is 5.08. The Morgan fingerprint density at radius 1 is 0.677 bits per heavy atom. The molecule has 0 radical (unpaired) electrons. The SMILES string of the molecule is O=C(CNc1ccccc1C(=O)NCc1ccccc1)Nc1cccc2ccccc12. The molecule has 0 saturated heterocycles. The lowest BCUT2D eigenvalue weighted by Crippen LogP contribution is -2.26. The number of fused-ring (bicyclic) bond motifs is 1. The summed E-state index contributed by atoms with van der Waals surface area (Å²) in [6, 6.07) is 30.6. The number of amides is 2. The molecule has 0 saturated carbocycles. The largest absolute Gasteiger partial charge is 0.376 e. The summed E-state index contributed by atoms with van der Waals surface area (Å²) in [7, 11) is 0. The van der Waals surface area contributed by atoms with E-state index in [2.05, 4.69) is 16.0 Å². The molecule has 0 aliphatic heterocycles. The van der Waals surface area contributed by atoms with Crippen molar-refractivity contribution in [3.05, 3.63) is 108 Å². The van der Waals surface area contributed by atoms with Crippen LogP contribution in [0.1, 0.15) is 15.9 Å². The molecular weight excluding hydrogens is 386 g/mol. The first kappa shape index (κ1) is 20.2. The average Bonchev–Trinajstić information content (AvgIpc) is 2.82. The van der Waals surface area contributed by atoms with Crippen molar-refractivity contribution < 1.29 is 9.59 Å². The predicted octanol–water partition coefficient (Wildman–Crippen LogP) is 4.82. The summed E-state index contributed by atoms with van der Waals surface area (Å²) in [6.45, 7) is 0.488. The van der Waals surface area contributed by atoms with Crippen LogP contribution in [-0.2, 0) is 11.3 Å². The second kappa shape index (κ2) is 9.59. The molecular formula is C26H23N3O2. The zero-order valence-corrected chi connectivity index (χ0v) is 17.0. The van der Waals surface area contributed by atoms with E-state index in [1.807, 2.05) is 78.9 Å². The monoisotopic (exact) mass is 409 g/mol. The van der Waals surface area contributed by atoms with Crippen molar-refractivity contribution in [2.75, 3.05) is 17.2 Å². The smallest absolute Gasteiger partial charge is 0.253 e. The minimum absolute atomic E-state index is 0.0478. The molecule has 0 fully saturated rings. The Kier molecular flexibility index (Phi) is 6.24. The van der Waals surface area contributed by atoms with Crippen LogP contribution in [0.4, 0.5) is 11.4 Å². The molecule has 0 atom stereocenters. The highest BCUT2D eigenvalue weighted by Gasteiger charge is 2.12. The van der Waals surface area contributed by atoms with Crippen LogP contribution in [0.25, 0.3) is 10.8 Å². The van der Waals surface area contributed by atoms with E-state index in [9.17, 15) is 9.59 Å². The third-order valence-electron chi connectivity index (χ3n) is 4.97. The van der Waals surface area contributed by atoms with Crippen molar-refractivity contribution in [3.8, 4) is 0 Å². The van der Waals surface area contributed by atoms with Gasteiger partial charge in [-0.15, -0.1) is 0 Å². The quantitative estimate of drug-likeness (QED) is 0.410. The van der Waals surface area contributed by atoms with E-state index in [4.69, 9.17) is 0 Å². The van der Waals surface area contributed by atoms with Gasteiger partial charge in [0.25, 0.3) is 5.91 Å². The number of nitrogens with one attached hydrogen (secondary N) is 3. The van der Waals surface area contributed by atoms with Gasteiger partial charge in [0.15, 0.2) is 0 Å². The number of rotatable bonds is 7. The summed E-state index contributed by atoms with van der Waals surface area (Å²) in [4.78, 5) is 25.2. The van der Waals surface area contributed by atoms with Crippen LogP contribution in [0.3, 0.4) is 0 Å². The fourth-order valence-electron chi connectivity index (χ4n) is 3.41. The fraction of sp³-hybridized carbons (Fsp3) is 0.0769. The van der Waals surface area contributed by atoms with E-state index < -0.39 is 0 Å². The summed E-state index contributed by atoms with van der Waals surface area (Å²) in [5.41, 5.74) is 2.90. The van der Waals surface area contributed by atoms with Crippen molar-refractivity contribution in [2.24, 2.45) is 0 Å². The number of hydrogen-bond acceptors (Lipinski definition) is 3. The van der Waals surface area contributed by atoms with Crippen LogP contribution >= 0.6 is 0 Å². The molecule has 0 aliphatic rings. The van der Waals surface area contributed by atoms with E-state index in [1.165, 1.54) is 0 Å². The first-order chi connectivity index (χ1) is 15.2. The maximum Gasteiger partial charge on any atom is 0.253 e. The first-order valence-electron chi connectivity index (χ1n) is 10.1. The first-order valence-corrected chi connectivity index (χ1v) is 10.1. The lowest BCUT2D eigenvalue weighted by atomic mass is 10.1.